The maximum Gasteiger partial charge on any atom is 0.341 e. The molecule has 150 valence electrons. The van der Waals surface area contributed by atoms with Crippen LogP contribution >= 0.6 is 11.3 Å². The van der Waals surface area contributed by atoms with Crippen LogP contribution in [0.4, 0.5) is 10.7 Å². The smallest absolute Gasteiger partial charge is 0.341 e. The Morgan fingerprint density at radius 2 is 2.00 bits per heavy atom. The highest BCUT2D eigenvalue weighted by atomic mass is 32.1. The van der Waals surface area contributed by atoms with E-state index >= 15 is 0 Å². The molecule has 8 nitrogen and oxygen atoms in total. The van der Waals surface area contributed by atoms with Gasteiger partial charge in [0.1, 0.15) is 10.6 Å². The number of thiophene rings is 1. The highest BCUT2D eigenvalue weighted by Gasteiger charge is 2.24. The molecule has 0 aliphatic rings. The minimum absolute atomic E-state index is 0.118. The first-order valence-corrected chi connectivity index (χ1v) is 9.67. The average Bonchev–Trinajstić information content (AvgIpc) is 3.17. The number of nitriles is 1. The van der Waals surface area contributed by atoms with Gasteiger partial charge in [-0.05, 0) is 30.7 Å². The van der Waals surface area contributed by atoms with Crippen molar-refractivity contribution in [2.75, 3.05) is 11.9 Å². The van der Waals surface area contributed by atoms with Crippen molar-refractivity contribution in [2.24, 2.45) is 0 Å². The molecule has 0 atom stereocenters. The van der Waals surface area contributed by atoms with E-state index in [9.17, 15) is 19.7 Å². The maximum atomic E-state index is 12.6. The van der Waals surface area contributed by atoms with Crippen molar-refractivity contribution in [1.29, 1.82) is 5.26 Å². The molecular formula is C21H15N3O5S. The van der Waals surface area contributed by atoms with Crippen molar-refractivity contribution in [3.63, 3.8) is 0 Å². The van der Waals surface area contributed by atoms with E-state index in [4.69, 9.17) is 10.00 Å². The second kappa shape index (κ2) is 8.98. The van der Waals surface area contributed by atoms with Crippen LogP contribution in [0, 0.1) is 21.4 Å². The normalized spacial score (nSPS) is 10.1. The number of non-ortho nitro benzene ring substituents is 1. The first-order valence-electron chi connectivity index (χ1n) is 8.79. The number of nitrogens with zero attached hydrogens (tertiary/aromatic N) is 2. The van der Waals surface area contributed by atoms with Crippen LogP contribution in [0.15, 0.2) is 53.9 Å². The minimum Gasteiger partial charge on any atom is -0.462 e. The third-order valence-corrected chi connectivity index (χ3v) is 5.01. The van der Waals surface area contributed by atoms with Crippen molar-refractivity contribution in [3.8, 4) is 17.2 Å². The molecule has 2 aromatic carbocycles. The largest absolute Gasteiger partial charge is 0.462 e. The Balaban J connectivity index is 2.02. The van der Waals surface area contributed by atoms with Crippen molar-refractivity contribution in [3.05, 3.63) is 80.7 Å². The highest BCUT2D eigenvalue weighted by Crippen LogP contribution is 2.37. The van der Waals surface area contributed by atoms with Gasteiger partial charge in [0.25, 0.3) is 11.6 Å². The van der Waals surface area contributed by atoms with Gasteiger partial charge in [-0.1, -0.05) is 18.2 Å². The fourth-order valence-electron chi connectivity index (χ4n) is 2.76. The van der Waals surface area contributed by atoms with Gasteiger partial charge in [-0.25, -0.2) is 4.79 Å². The summed E-state index contributed by atoms with van der Waals surface area (Å²) in [7, 11) is 0. The van der Waals surface area contributed by atoms with Gasteiger partial charge in [-0.3, -0.25) is 14.9 Å². The standard InChI is InChI=1S/C21H15N3O5S/c1-2-29-21(26)18-17(14-6-4-8-16(10-14)24(27)28)12-30-20(18)23-19(25)15-7-3-5-13(9-15)11-22/h3-10,12H,2H2,1H3,(H,23,25). The number of ether oxygens (including phenoxy) is 1. The molecule has 0 aliphatic carbocycles. The van der Waals surface area contributed by atoms with E-state index in [1.54, 1.807) is 36.6 Å². The molecular weight excluding hydrogens is 406 g/mol. The summed E-state index contributed by atoms with van der Waals surface area (Å²) in [6.45, 7) is 1.78. The zero-order valence-corrected chi connectivity index (χ0v) is 16.6. The first kappa shape index (κ1) is 20.7. The SMILES string of the molecule is CCOC(=O)c1c(-c2cccc([N+](=O)[O-])c2)csc1NC(=O)c1cccc(C#N)c1. The van der Waals surface area contributed by atoms with Gasteiger partial charge in [-0.15, -0.1) is 11.3 Å². The van der Waals surface area contributed by atoms with Crippen LogP contribution in [0.25, 0.3) is 11.1 Å². The van der Waals surface area contributed by atoms with Crippen LogP contribution in [0.1, 0.15) is 33.2 Å². The average molecular weight is 421 g/mol. The number of hydrogen-bond acceptors (Lipinski definition) is 7. The molecule has 0 fully saturated rings. The van der Waals surface area contributed by atoms with Gasteiger partial charge in [0.05, 0.1) is 23.2 Å². The number of carbonyl (C=O) groups is 2. The molecule has 0 saturated carbocycles. The summed E-state index contributed by atoms with van der Waals surface area (Å²) in [5.74, 6) is -1.15. The Bertz CT molecular complexity index is 1180. The van der Waals surface area contributed by atoms with E-state index in [0.717, 1.165) is 11.3 Å². The third kappa shape index (κ3) is 4.34. The molecule has 3 rings (SSSR count). The number of nitro groups is 1. The summed E-state index contributed by atoms with van der Waals surface area (Å²) in [5, 5.41) is 24.7. The lowest BCUT2D eigenvalue weighted by atomic mass is 10.0. The second-order valence-electron chi connectivity index (χ2n) is 6.03. The number of amides is 1. The number of hydrogen-bond donors (Lipinski definition) is 1. The Morgan fingerprint density at radius 3 is 2.70 bits per heavy atom. The molecule has 1 amide bonds. The molecule has 9 heteroatoms. The molecule has 1 heterocycles. The van der Waals surface area contributed by atoms with E-state index in [2.05, 4.69) is 5.32 Å². The predicted molar refractivity (Wildman–Crippen MR) is 111 cm³/mol. The summed E-state index contributed by atoms with van der Waals surface area (Å²) in [4.78, 5) is 35.8. The lowest BCUT2D eigenvalue weighted by molar-refractivity contribution is -0.384. The minimum atomic E-state index is -0.652. The zero-order valence-electron chi connectivity index (χ0n) is 15.7. The summed E-state index contributed by atoms with van der Waals surface area (Å²) < 4.78 is 5.13. The summed E-state index contributed by atoms with van der Waals surface area (Å²) in [6.07, 6.45) is 0. The molecule has 0 bridgehead atoms. The quantitative estimate of drug-likeness (QED) is 0.352. The lowest BCUT2D eigenvalue weighted by Gasteiger charge is -2.09. The van der Waals surface area contributed by atoms with Crippen LogP contribution in [0.5, 0.6) is 0 Å². The lowest BCUT2D eigenvalue weighted by Crippen LogP contribution is -2.15. The number of benzene rings is 2. The van der Waals surface area contributed by atoms with Gasteiger partial charge in [-0.2, -0.15) is 5.26 Å². The van der Waals surface area contributed by atoms with E-state index in [1.807, 2.05) is 6.07 Å². The molecule has 3 aromatic rings. The Hall–Kier alpha value is -4.03. The summed E-state index contributed by atoms with van der Waals surface area (Å²) in [6, 6.07) is 14.0. The van der Waals surface area contributed by atoms with E-state index in [-0.39, 0.29) is 28.4 Å². The molecule has 0 spiro atoms. The topological polar surface area (TPSA) is 122 Å². The van der Waals surface area contributed by atoms with Crippen LogP contribution < -0.4 is 5.32 Å². The van der Waals surface area contributed by atoms with Crippen molar-refractivity contribution in [2.45, 2.75) is 6.92 Å². The molecule has 1 aromatic heterocycles. The number of nitro benzene ring substituents is 1. The number of nitrogens with one attached hydrogen (secondary N) is 1. The Kier molecular flexibility index (Phi) is 6.20. The van der Waals surface area contributed by atoms with Gasteiger partial charge >= 0.3 is 5.97 Å². The van der Waals surface area contributed by atoms with Crippen LogP contribution in [0.3, 0.4) is 0 Å². The number of anilines is 1. The van der Waals surface area contributed by atoms with Gasteiger partial charge in [0.2, 0.25) is 0 Å². The highest BCUT2D eigenvalue weighted by molar-refractivity contribution is 7.15. The third-order valence-electron chi connectivity index (χ3n) is 4.12. The molecule has 1 N–H and O–H groups in total. The van der Waals surface area contributed by atoms with Crippen molar-refractivity contribution >= 4 is 33.9 Å². The van der Waals surface area contributed by atoms with Crippen LogP contribution in [-0.2, 0) is 4.74 Å². The van der Waals surface area contributed by atoms with E-state index in [0.29, 0.717) is 16.7 Å². The summed E-state index contributed by atoms with van der Waals surface area (Å²) >= 11 is 1.10. The second-order valence-corrected chi connectivity index (χ2v) is 6.91. The number of rotatable bonds is 6. The maximum absolute atomic E-state index is 12.6. The monoisotopic (exact) mass is 421 g/mol. The van der Waals surface area contributed by atoms with Gasteiger partial charge in [0.15, 0.2) is 0 Å². The molecule has 30 heavy (non-hydrogen) atoms. The van der Waals surface area contributed by atoms with Crippen molar-refractivity contribution < 1.29 is 19.2 Å². The van der Waals surface area contributed by atoms with Crippen molar-refractivity contribution in [1.82, 2.24) is 0 Å². The van der Waals surface area contributed by atoms with Gasteiger partial charge < -0.3 is 10.1 Å². The zero-order chi connectivity index (χ0) is 21.7. The Morgan fingerprint density at radius 1 is 1.23 bits per heavy atom. The van der Waals surface area contributed by atoms with E-state index in [1.165, 1.54) is 24.3 Å². The number of carbonyl (C=O) groups excluding carboxylic acids is 2. The molecule has 0 unspecified atom stereocenters. The predicted octanol–water partition coefficient (Wildman–Crippen LogP) is 4.62. The Labute approximate surface area is 175 Å². The molecule has 0 aliphatic heterocycles. The summed E-state index contributed by atoms with van der Waals surface area (Å²) in [5.41, 5.74) is 1.46. The fraction of sp³-hybridized carbons (Fsp3) is 0.0952. The number of esters is 1. The van der Waals surface area contributed by atoms with E-state index < -0.39 is 16.8 Å². The molecule has 0 saturated heterocycles. The molecule has 0 radical (unpaired) electrons. The first-order chi connectivity index (χ1) is 14.4. The van der Waals surface area contributed by atoms with Gasteiger partial charge in [0, 0.05) is 28.6 Å². The van der Waals surface area contributed by atoms with Crippen LogP contribution in [-0.4, -0.2) is 23.4 Å². The van der Waals surface area contributed by atoms with Crippen LogP contribution in [0.2, 0.25) is 0 Å². The fourth-order valence-corrected chi connectivity index (χ4v) is 3.71.